The smallest absolute Gasteiger partial charge is 0.389 e. The summed E-state index contributed by atoms with van der Waals surface area (Å²) in [6.45, 7) is 1.79. The molecule has 1 atom stereocenters. The van der Waals surface area contributed by atoms with E-state index in [9.17, 15) is 36.3 Å². The summed E-state index contributed by atoms with van der Waals surface area (Å²) in [5.74, 6) is -1.84. The Kier molecular flexibility index (Phi) is 12.9. The number of sulfonamides is 1. The molecule has 2 N–H and O–H groups in total. The van der Waals surface area contributed by atoms with Gasteiger partial charge in [0.2, 0.25) is 10.0 Å². The number of thioether (sulfide) groups is 1. The number of nitrogens with zero attached hydrogens (tertiary/aromatic N) is 1. The van der Waals surface area contributed by atoms with Crippen LogP contribution in [0.25, 0.3) is 11.1 Å². The van der Waals surface area contributed by atoms with Gasteiger partial charge in [-0.1, -0.05) is 60.7 Å². The van der Waals surface area contributed by atoms with Crippen LogP contribution in [0.15, 0.2) is 72.8 Å². The van der Waals surface area contributed by atoms with E-state index < -0.39 is 52.7 Å². The van der Waals surface area contributed by atoms with E-state index in [0.717, 1.165) is 11.1 Å². The largest absolute Gasteiger partial charge is 0.480 e. The Morgan fingerprint density at radius 3 is 2.30 bits per heavy atom. The van der Waals surface area contributed by atoms with Gasteiger partial charge in [0.15, 0.2) is 0 Å². The zero-order valence-electron chi connectivity index (χ0n) is 24.6. The van der Waals surface area contributed by atoms with E-state index in [-0.39, 0.29) is 25.1 Å². The minimum absolute atomic E-state index is 0.0516. The molecule has 238 valence electrons. The fraction of sp³-hybridized carbons (Fsp3) is 0.375. The number of nitrogens with one attached hydrogen (secondary N) is 1. The fourth-order valence-corrected chi connectivity index (χ4v) is 6.67. The standard InChI is InChI=1S/C32H37F3N2O5S2/c1-23-9-6-7-12-26(23)28-21-25(13-14-27(28)30(38)36-29(31(39)40)16-19-43-2)22-37(18-15-24-10-4-3-5-11-24)44(41,42)20-8-17-32(33,34)35/h3-7,9-14,21,29H,8,15-20,22H2,1-2H3,(H,36,38)(H,39,40). The molecule has 44 heavy (non-hydrogen) atoms. The Morgan fingerprint density at radius 2 is 1.66 bits per heavy atom. The van der Waals surface area contributed by atoms with Gasteiger partial charge in [-0.15, -0.1) is 0 Å². The number of rotatable bonds is 16. The first-order valence-electron chi connectivity index (χ1n) is 14.1. The van der Waals surface area contributed by atoms with Crippen LogP contribution in [0, 0.1) is 6.92 Å². The van der Waals surface area contributed by atoms with Crippen LogP contribution in [0.5, 0.6) is 0 Å². The molecule has 0 radical (unpaired) electrons. The van der Waals surface area contributed by atoms with E-state index in [1.54, 1.807) is 18.2 Å². The molecule has 1 amide bonds. The molecule has 3 aromatic rings. The molecule has 0 saturated carbocycles. The molecule has 12 heteroatoms. The van der Waals surface area contributed by atoms with Crippen LogP contribution in [-0.2, 0) is 27.8 Å². The van der Waals surface area contributed by atoms with Crippen LogP contribution in [-0.4, -0.2) is 66.2 Å². The Morgan fingerprint density at radius 1 is 0.977 bits per heavy atom. The number of hydrogen-bond donors (Lipinski definition) is 2. The van der Waals surface area contributed by atoms with Crippen molar-refractivity contribution >= 4 is 33.7 Å². The van der Waals surface area contributed by atoms with Crippen LogP contribution in [0.2, 0.25) is 0 Å². The maximum absolute atomic E-state index is 13.4. The number of alkyl halides is 3. The fourth-order valence-electron chi connectivity index (χ4n) is 4.72. The molecule has 3 aromatic carbocycles. The van der Waals surface area contributed by atoms with Gasteiger partial charge in [-0.25, -0.2) is 13.2 Å². The minimum Gasteiger partial charge on any atom is -0.480 e. The van der Waals surface area contributed by atoms with Crippen LogP contribution in [0.3, 0.4) is 0 Å². The van der Waals surface area contributed by atoms with Crippen LogP contribution < -0.4 is 5.32 Å². The van der Waals surface area contributed by atoms with Crippen molar-refractivity contribution in [1.82, 2.24) is 9.62 Å². The van der Waals surface area contributed by atoms with Crippen molar-refractivity contribution in [3.8, 4) is 11.1 Å². The third-order valence-corrected chi connectivity index (χ3v) is 9.63. The minimum atomic E-state index is -4.46. The highest BCUT2D eigenvalue weighted by atomic mass is 32.2. The van der Waals surface area contributed by atoms with Crippen molar-refractivity contribution in [2.24, 2.45) is 0 Å². The van der Waals surface area contributed by atoms with Crippen molar-refractivity contribution in [2.75, 3.05) is 24.3 Å². The highest BCUT2D eigenvalue weighted by Crippen LogP contribution is 2.30. The average Bonchev–Trinajstić information content (AvgIpc) is 2.97. The number of carbonyl (C=O) groups excluding carboxylic acids is 1. The highest BCUT2D eigenvalue weighted by molar-refractivity contribution is 7.98. The maximum atomic E-state index is 13.4. The summed E-state index contributed by atoms with van der Waals surface area (Å²) in [5, 5.41) is 12.2. The van der Waals surface area contributed by atoms with Crippen molar-refractivity contribution in [3.05, 3.63) is 95.1 Å². The van der Waals surface area contributed by atoms with E-state index in [4.69, 9.17) is 0 Å². The SMILES string of the molecule is CSCCC(NC(=O)c1ccc(CN(CCc2ccccc2)S(=O)(=O)CCCC(F)(F)F)cc1-c1ccccc1C)C(=O)O. The summed E-state index contributed by atoms with van der Waals surface area (Å²) < 4.78 is 66.3. The second-order valence-corrected chi connectivity index (χ2v) is 13.5. The molecule has 3 rings (SSSR count). The summed E-state index contributed by atoms with van der Waals surface area (Å²) in [4.78, 5) is 25.2. The van der Waals surface area contributed by atoms with Gasteiger partial charge in [0, 0.05) is 25.1 Å². The zero-order valence-corrected chi connectivity index (χ0v) is 26.3. The summed E-state index contributed by atoms with van der Waals surface area (Å²) in [5.41, 5.74) is 3.68. The number of aryl methyl sites for hydroxylation is 1. The first-order valence-corrected chi connectivity index (χ1v) is 17.1. The topological polar surface area (TPSA) is 104 Å². The molecule has 0 bridgehead atoms. The van der Waals surface area contributed by atoms with Crippen molar-refractivity contribution < 1.29 is 36.3 Å². The van der Waals surface area contributed by atoms with Gasteiger partial charge in [0.1, 0.15) is 6.04 Å². The maximum Gasteiger partial charge on any atom is 0.389 e. The lowest BCUT2D eigenvalue weighted by atomic mass is 9.93. The van der Waals surface area contributed by atoms with E-state index in [1.165, 1.54) is 22.1 Å². The zero-order chi connectivity index (χ0) is 32.3. The van der Waals surface area contributed by atoms with Gasteiger partial charge in [-0.05, 0) is 78.1 Å². The lowest BCUT2D eigenvalue weighted by molar-refractivity contribution is -0.139. The summed E-state index contributed by atoms with van der Waals surface area (Å²) in [6.07, 6.45) is -3.77. The number of benzene rings is 3. The molecular formula is C32H37F3N2O5S2. The van der Waals surface area contributed by atoms with Crippen LogP contribution >= 0.6 is 11.8 Å². The summed E-state index contributed by atoms with van der Waals surface area (Å²) >= 11 is 1.47. The van der Waals surface area contributed by atoms with E-state index in [1.807, 2.05) is 61.7 Å². The van der Waals surface area contributed by atoms with Gasteiger partial charge in [0.05, 0.1) is 5.75 Å². The number of carboxylic acid groups (broad SMARTS) is 1. The number of hydrogen-bond acceptors (Lipinski definition) is 5. The average molecular weight is 651 g/mol. The number of carboxylic acids is 1. The van der Waals surface area contributed by atoms with E-state index >= 15 is 0 Å². The van der Waals surface area contributed by atoms with Gasteiger partial charge in [-0.2, -0.15) is 29.2 Å². The third-order valence-electron chi connectivity index (χ3n) is 7.09. The second kappa shape index (κ2) is 16.1. The predicted molar refractivity (Wildman–Crippen MR) is 168 cm³/mol. The van der Waals surface area contributed by atoms with Gasteiger partial charge in [0.25, 0.3) is 5.91 Å². The Balaban J connectivity index is 1.98. The molecular weight excluding hydrogens is 613 g/mol. The van der Waals surface area contributed by atoms with Gasteiger partial charge in [-0.3, -0.25) is 4.79 Å². The quantitative estimate of drug-likeness (QED) is 0.188. The number of carbonyl (C=O) groups is 2. The number of halogens is 3. The lowest BCUT2D eigenvalue weighted by Gasteiger charge is -2.24. The van der Waals surface area contributed by atoms with E-state index in [2.05, 4.69) is 5.32 Å². The van der Waals surface area contributed by atoms with Crippen molar-refractivity contribution in [2.45, 2.75) is 51.4 Å². The van der Waals surface area contributed by atoms with Crippen LogP contribution in [0.1, 0.15) is 46.3 Å². The molecule has 0 aliphatic carbocycles. The van der Waals surface area contributed by atoms with Gasteiger partial charge >= 0.3 is 12.1 Å². The molecule has 0 aliphatic heterocycles. The Bertz CT molecular complexity index is 1520. The van der Waals surface area contributed by atoms with Crippen LogP contribution in [0.4, 0.5) is 13.2 Å². The molecule has 0 spiro atoms. The monoisotopic (exact) mass is 650 g/mol. The summed E-state index contributed by atoms with van der Waals surface area (Å²) in [7, 11) is -4.07. The molecule has 0 aromatic heterocycles. The Labute approximate surface area is 260 Å². The van der Waals surface area contributed by atoms with E-state index in [0.29, 0.717) is 28.9 Å². The normalized spacial score (nSPS) is 12.7. The lowest BCUT2D eigenvalue weighted by Crippen LogP contribution is -2.41. The molecule has 0 heterocycles. The Hall–Kier alpha value is -3.35. The van der Waals surface area contributed by atoms with Crippen molar-refractivity contribution in [1.29, 1.82) is 0 Å². The number of aliphatic carboxylic acids is 1. The van der Waals surface area contributed by atoms with Crippen molar-refractivity contribution in [3.63, 3.8) is 0 Å². The molecule has 0 aliphatic rings. The third kappa shape index (κ3) is 10.7. The first kappa shape index (κ1) is 35.1. The van der Waals surface area contributed by atoms with Gasteiger partial charge < -0.3 is 10.4 Å². The first-order chi connectivity index (χ1) is 20.8. The molecule has 0 saturated heterocycles. The second-order valence-electron chi connectivity index (χ2n) is 10.4. The summed E-state index contributed by atoms with van der Waals surface area (Å²) in [6, 6.07) is 20.2. The molecule has 0 fully saturated rings. The molecule has 7 nitrogen and oxygen atoms in total. The highest BCUT2D eigenvalue weighted by Gasteiger charge is 2.30. The predicted octanol–water partition coefficient (Wildman–Crippen LogP) is 6.32. The number of amides is 1. The molecule has 1 unspecified atom stereocenters.